The van der Waals surface area contributed by atoms with Crippen LogP contribution in [0.1, 0.15) is 324 Å². The van der Waals surface area contributed by atoms with E-state index in [2.05, 4.69) is 543 Å². The SMILES string of the molecule is CC1(C)C2=CC3C(c4ccccc4)CC([Si](C)(C)N(C(C)(C)C)C(C)(C)C)C3C=C2c2ccc([Si](C)(C)C)cc21.CC1(C)C2=CC3CCC([Si](C)(C)N(C(C)(C)C)C(C)(C)C)C3C=C2c2ccc([Si](C)(C)C)cc21.CC1C(C)C([Si](C)(C)N(C(C)(C)C)C(C)(C)C)C2C=C3C(=CC12)C(C)(C)c1cc([Si](C)(C)C)ccc13.CC1CC2C=C3C(=CC2C1[Si](C)(C)N(C(C)(C)C)C(C)(C)C)c1ccc([Si](C)(C)C)cc1C3(C)C. The highest BCUT2D eigenvalue weighted by Gasteiger charge is 2.64. The summed E-state index contributed by atoms with van der Waals surface area (Å²) in [6.07, 6.45) is 27.5. The molecule has 0 spiro atoms. The number of nitrogens with zero attached hydrogens (tertiary/aromatic N) is 4. The van der Waals surface area contributed by atoms with Crippen molar-refractivity contribution in [2.75, 3.05) is 0 Å². The molecule has 4 saturated carbocycles. The van der Waals surface area contributed by atoms with Gasteiger partial charge in [0.05, 0.1) is 32.3 Å². The van der Waals surface area contributed by atoms with Gasteiger partial charge in [-0.2, -0.15) is 0 Å². The summed E-state index contributed by atoms with van der Waals surface area (Å²) < 4.78 is 11.8. The molecular formula is C133H214N4Si8. The Morgan fingerprint density at radius 1 is 0.255 bits per heavy atom. The minimum absolute atomic E-state index is 0.0525. The zero-order valence-corrected chi connectivity index (χ0v) is 112. The molecule has 16 unspecified atom stereocenters. The lowest BCUT2D eigenvalue weighted by molar-refractivity contribution is 0.120. The molecule has 5 aromatic carbocycles. The van der Waals surface area contributed by atoms with Gasteiger partial charge >= 0.3 is 0 Å². The zero-order chi connectivity index (χ0) is 109. The van der Waals surface area contributed by atoms with Crippen LogP contribution in [0.25, 0.3) is 22.3 Å². The van der Waals surface area contributed by atoms with Crippen LogP contribution in [0.3, 0.4) is 0 Å². The average molecular weight is 2090 g/mol. The van der Waals surface area contributed by atoms with Crippen LogP contribution < -0.4 is 20.7 Å². The third-order valence-corrected chi connectivity index (χ3v) is 67.4. The molecule has 0 bridgehead atoms. The Morgan fingerprint density at radius 2 is 0.538 bits per heavy atom. The predicted molar refractivity (Wildman–Crippen MR) is 667 cm³/mol. The Morgan fingerprint density at radius 3 is 0.869 bits per heavy atom. The number of rotatable bonds is 13. The molecule has 0 radical (unpaired) electrons. The zero-order valence-electron chi connectivity index (χ0n) is 104. The van der Waals surface area contributed by atoms with Crippen molar-refractivity contribution >= 4 is 108 Å². The van der Waals surface area contributed by atoms with Crippen molar-refractivity contribution in [2.24, 2.45) is 65.1 Å². The second kappa shape index (κ2) is 37.4. The van der Waals surface area contributed by atoms with E-state index in [9.17, 15) is 0 Å². The Balaban J connectivity index is 0.000000153. The lowest BCUT2D eigenvalue weighted by Crippen LogP contribution is -2.67. The van der Waals surface area contributed by atoms with E-state index in [1.165, 1.54) is 53.5 Å². The Kier molecular flexibility index (Phi) is 30.0. The van der Waals surface area contributed by atoms with Gasteiger partial charge in [0.1, 0.15) is 32.9 Å². The summed E-state index contributed by atoms with van der Waals surface area (Å²) in [5.74, 6) is 7.98. The number of fused-ring (bicyclic) bond motifs is 16. The molecule has 16 atom stereocenters. The topological polar surface area (TPSA) is 13.0 Å². The normalized spacial score (nSPS) is 27.8. The minimum atomic E-state index is -1.89. The van der Waals surface area contributed by atoms with Gasteiger partial charge in [-0.1, -0.05) is 386 Å². The second-order valence-electron chi connectivity index (χ2n) is 65.3. The van der Waals surface area contributed by atoms with Crippen molar-refractivity contribution in [1.29, 1.82) is 0 Å². The van der Waals surface area contributed by atoms with Crippen LogP contribution in [-0.4, -0.2) is 128 Å². The van der Waals surface area contributed by atoms with E-state index < -0.39 is 65.2 Å². The highest BCUT2D eigenvalue weighted by molar-refractivity contribution is 6.90. The van der Waals surface area contributed by atoms with Crippen molar-refractivity contribution < 1.29 is 0 Å². The lowest BCUT2D eigenvalue weighted by atomic mass is 9.73. The predicted octanol–water partition coefficient (Wildman–Crippen LogP) is 35.5. The highest BCUT2D eigenvalue weighted by Crippen LogP contribution is 2.69. The van der Waals surface area contributed by atoms with Crippen molar-refractivity contribution in [2.45, 2.75) is 493 Å². The van der Waals surface area contributed by atoms with Crippen LogP contribution >= 0.6 is 0 Å². The Bertz CT molecular complexity index is 5950. The Hall–Kier alpha value is -4.40. The molecule has 4 nitrogen and oxygen atoms in total. The van der Waals surface area contributed by atoms with Crippen LogP contribution in [0.5, 0.6) is 0 Å². The maximum absolute atomic E-state index is 2.97. The van der Waals surface area contributed by atoms with Crippen LogP contribution in [0, 0.1) is 65.1 Å². The third-order valence-electron chi connectivity index (χ3n) is 39.2. The van der Waals surface area contributed by atoms with E-state index in [0.29, 0.717) is 58.8 Å². The molecule has 17 rings (SSSR count). The van der Waals surface area contributed by atoms with E-state index >= 15 is 0 Å². The molecule has 0 amide bonds. The number of hydrogen-bond donors (Lipinski definition) is 0. The summed E-state index contributed by atoms with van der Waals surface area (Å²) in [5.41, 5.74) is 31.2. The van der Waals surface area contributed by atoms with Gasteiger partial charge in [-0.25, -0.2) is 0 Å². The molecule has 145 heavy (non-hydrogen) atoms. The van der Waals surface area contributed by atoms with Crippen LogP contribution in [0.4, 0.5) is 0 Å². The maximum Gasteiger partial charge on any atom is 0.127 e. The molecule has 0 N–H and O–H groups in total. The molecule has 12 aliphatic rings. The molecule has 5 aromatic rings. The highest BCUT2D eigenvalue weighted by atomic mass is 28.3. The Labute approximate surface area is 901 Å². The van der Waals surface area contributed by atoms with Gasteiger partial charge in [0.2, 0.25) is 0 Å². The monoisotopic (exact) mass is 2090 g/mol. The lowest BCUT2D eigenvalue weighted by Gasteiger charge is -2.57. The molecule has 12 aliphatic carbocycles. The van der Waals surface area contributed by atoms with Gasteiger partial charge in [-0.05, 0) is 373 Å². The molecular weight excluding hydrogens is 1880 g/mol. The number of allylic oxidation sites excluding steroid dienone is 16. The first kappa shape index (κ1) is 116. The van der Waals surface area contributed by atoms with Crippen LogP contribution in [0.2, 0.25) is 153 Å². The summed E-state index contributed by atoms with van der Waals surface area (Å²) in [6.45, 7) is 137. The van der Waals surface area contributed by atoms with E-state index in [1.807, 2.05) is 0 Å². The minimum Gasteiger partial charge on any atom is -0.314 e. The first-order chi connectivity index (χ1) is 65.3. The average Bonchev–Trinajstić information content (AvgIpc) is 1.72. The largest absolute Gasteiger partial charge is 0.314 e. The van der Waals surface area contributed by atoms with Gasteiger partial charge < -0.3 is 18.3 Å². The third kappa shape index (κ3) is 20.8. The van der Waals surface area contributed by atoms with Crippen LogP contribution in [-0.2, 0) is 21.7 Å². The summed E-state index contributed by atoms with van der Waals surface area (Å²) >= 11 is 0. The standard InChI is InChI=1S/C37H55NSi2.C33H55NSi2.C32H53NSi2.C31H51NSi2/c1-35(2,3)38(36(4,5)6)40(12,13)34-24-28(25-17-15-14-16-18-25)29-23-33-30(22-31(29)34)27-20-19-26(39(9,10)11)21-32(27)37(33,7)8;1-21-22(2)30(36(14,15)34(31(3,4)5)32(6,7)8)27-19-26-24-17-16-23(35(11,12)13)18-28(24)33(9,10)29(26)20-25(21)27;1-21-17-22-18-27-26(24-16-15-23(34(10,11)12)19-28(24)32(27,8)9)20-25(22)29(21)35(13,14)33(30(2,3)4)31(5,6)7;1-29(2,3)32(30(4,5)6)34(12,13)28-17-14-21-18-26-25(20-24(21)28)23-16-15-22(33(9,10)11)19-27(23)31(26,7)8/h14-23,28-29,31,34H,24H2,1-13H3;16-22,25,27,30H,1-15H3;15-16,18-22,25,29H,17H2,1-14H3;15-16,18-21,24,28H,14,17H2,1-13H3. The molecule has 798 valence electrons. The fourth-order valence-electron chi connectivity index (χ4n) is 36.5. The van der Waals surface area contributed by atoms with Crippen molar-refractivity contribution in [3.63, 3.8) is 0 Å². The van der Waals surface area contributed by atoms with Gasteiger partial charge in [0.25, 0.3) is 0 Å². The van der Waals surface area contributed by atoms with Gasteiger partial charge in [-0.3, -0.25) is 0 Å². The van der Waals surface area contributed by atoms with E-state index in [4.69, 9.17) is 0 Å². The number of benzene rings is 5. The summed E-state index contributed by atoms with van der Waals surface area (Å²) in [5, 5.41) is 6.36. The fraction of sp³-hybridized carbons (Fsp3) is 0.654. The van der Waals surface area contributed by atoms with Crippen LogP contribution in [0.15, 0.2) is 174 Å². The van der Waals surface area contributed by atoms with Crippen molar-refractivity contribution in [1.82, 2.24) is 18.3 Å². The second-order valence-corrected chi connectivity index (χ2v) is 103. The van der Waals surface area contributed by atoms with Crippen molar-refractivity contribution in [3.8, 4) is 0 Å². The quantitative estimate of drug-likeness (QED) is 0.109. The van der Waals surface area contributed by atoms with Gasteiger partial charge in [0.15, 0.2) is 0 Å². The van der Waals surface area contributed by atoms with Gasteiger partial charge in [-0.15, -0.1) is 0 Å². The van der Waals surface area contributed by atoms with E-state index in [1.54, 1.807) is 87.6 Å². The van der Waals surface area contributed by atoms with E-state index in [-0.39, 0.29) is 66.0 Å². The first-order valence-electron chi connectivity index (χ1n) is 58.0. The maximum atomic E-state index is 2.97. The van der Waals surface area contributed by atoms with E-state index in [0.717, 1.165) is 34.4 Å². The summed E-state index contributed by atoms with van der Waals surface area (Å²) in [4.78, 5) is 0. The molecule has 0 aliphatic heterocycles. The summed E-state index contributed by atoms with van der Waals surface area (Å²) in [6, 6.07) is 41.5. The number of hydrogen-bond acceptors (Lipinski definition) is 4. The summed E-state index contributed by atoms with van der Waals surface area (Å²) in [7, 11) is -12.6. The van der Waals surface area contributed by atoms with Gasteiger partial charge in [0, 0.05) is 66.0 Å². The smallest absolute Gasteiger partial charge is 0.127 e. The molecule has 0 aromatic heterocycles. The molecule has 0 heterocycles. The molecule has 4 fully saturated rings. The fourth-order valence-corrected chi connectivity index (χ4v) is 66.1. The van der Waals surface area contributed by atoms with Crippen molar-refractivity contribution in [3.05, 3.63) is 224 Å². The molecule has 12 heteroatoms. The molecule has 0 saturated heterocycles. The first-order valence-corrected chi connectivity index (χ1v) is 84.1.